The first-order valence-electron chi connectivity index (χ1n) is 5.95. The molecule has 1 saturated heterocycles. The van der Waals surface area contributed by atoms with Gasteiger partial charge in [0.25, 0.3) is 0 Å². The van der Waals surface area contributed by atoms with Crippen LogP contribution in [0.15, 0.2) is 24.5 Å². The number of carbonyl (C=O) groups is 1. The number of hydrogen-bond donors (Lipinski definition) is 1. The predicted molar refractivity (Wildman–Crippen MR) is 63.2 cm³/mol. The molecule has 1 fully saturated rings. The fraction of sp³-hybridized carbons (Fsp3) is 0.583. The Bertz CT molecular complexity index is 328. The highest BCUT2D eigenvalue weighted by Crippen LogP contribution is 2.15. The molecule has 0 aliphatic carbocycles. The van der Waals surface area contributed by atoms with E-state index >= 15 is 0 Å². The SMILES string of the molecule is CCC(C(=O)N1CCNCC1)n1cccc1. The second-order valence-electron chi connectivity index (χ2n) is 4.13. The van der Waals surface area contributed by atoms with Crippen LogP contribution >= 0.6 is 0 Å². The minimum atomic E-state index is -0.0342. The van der Waals surface area contributed by atoms with Crippen molar-refractivity contribution in [2.75, 3.05) is 26.2 Å². The highest BCUT2D eigenvalue weighted by molar-refractivity contribution is 5.80. The van der Waals surface area contributed by atoms with E-state index in [1.807, 2.05) is 34.0 Å². The van der Waals surface area contributed by atoms with Gasteiger partial charge < -0.3 is 14.8 Å². The van der Waals surface area contributed by atoms with Gasteiger partial charge in [-0.1, -0.05) is 6.92 Å². The van der Waals surface area contributed by atoms with Crippen LogP contribution in [0.4, 0.5) is 0 Å². The van der Waals surface area contributed by atoms with E-state index in [4.69, 9.17) is 0 Å². The van der Waals surface area contributed by atoms with E-state index in [0.29, 0.717) is 0 Å². The van der Waals surface area contributed by atoms with E-state index in [1.54, 1.807) is 0 Å². The second-order valence-corrected chi connectivity index (χ2v) is 4.13. The summed E-state index contributed by atoms with van der Waals surface area (Å²) in [5, 5.41) is 3.26. The van der Waals surface area contributed by atoms with Crippen molar-refractivity contribution in [3.05, 3.63) is 24.5 Å². The standard InChI is InChI=1S/C12H19N3O/c1-2-11(14-7-3-4-8-14)12(16)15-9-5-13-6-10-15/h3-4,7-8,11,13H,2,5-6,9-10H2,1H3. The van der Waals surface area contributed by atoms with Crippen LogP contribution < -0.4 is 5.32 Å². The van der Waals surface area contributed by atoms with Crippen molar-refractivity contribution in [2.24, 2.45) is 0 Å². The summed E-state index contributed by atoms with van der Waals surface area (Å²) >= 11 is 0. The van der Waals surface area contributed by atoms with E-state index in [0.717, 1.165) is 32.6 Å². The van der Waals surface area contributed by atoms with Crippen LogP contribution in [0.3, 0.4) is 0 Å². The first-order chi connectivity index (χ1) is 7.83. The van der Waals surface area contributed by atoms with E-state index in [1.165, 1.54) is 0 Å². The molecule has 4 nitrogen and oxygen atoms in total. The van der Waals surface area contributed by atoms with Crippen molar-refractivity contribution >= 4 is 5.91 Å². The van der Waals surface area contributed by atoms with Gasteiger partial charge in [-0.2, -0.15) is 0 Å². The van der Waals surface area contributed by atoms with E-state index in [2.05, 4.69) is 12.2 Å². The van der Waals surface area contributed by atoms with Crippen LogP contribution in [0.1, 0.15) is 19.4 Å². The topological polar surface area (TPSA) is 37.3 Å². The molecule has 1 atom stereocenters. The van der Waals surface area contributed by atoms with E-state index in [-0.39, 0.29) is 11.9 Å². The summed E-state index contributed by atoms with van der Waals surface area (Å²) in [6.07, 6.45) is 4.78. The maximum absolute atomic E-state index is 12.3. The molecule has 16 heavy (non-hydrogen) atoms. The predicted octanol–water partition coefficient (Wildman–Crippen LogP) is 0.871. The van der Waals surface area contributed by atoms with Crippen LogP contribution in [0.2, 0.25) is 0 Å². The third kappa shape index (κ3) is 2.27. The Morgan fingerprint density at radius 1 is 1.31 bits per heavy atom. The van der Waals surface area contributed by atoms with Gasteiger partial charge in [0.2, 0.25) is 5.91 Å². The lowest BCUT2D eigenvalue weighted by Gasteiger charge is -2.31. The molecule has 88 valence electrons. The Hall–Kier alpha value is -1.29. The lowest BCUT2D eigenvalue weighted by atomic mass is 10.2. The fourth-order valence-corrected chi connectivity index (χ4v) is 2.16. The zero-order valence-corrected chi connectivity index (χ0v) is 9.72. The van der Waals surface area contributed by atoms with E-state index in [9.17, 15) is 4.79 Å². The molecule has 2 rings (SSSR count). The summed E-state index contributed by atoms with van der Waals surface area (Å²) < 4.78 is 2.00. The number of aromatic nitrogens is 1. The summed E-state index contributed by atoms with van der Waals surface area (Å²) in [5.41, 5.74) is 0. The van der Waals surface area contributed by atoms with Crippen LogP contribution in [-0.4, -0.2) is 41.6 Å². The Morgan fingerprint density at radius 2 is 1.94 bits per heavy atom. The molecule has 1 aromatic rings. The minimum absolute atomic E-state index is 0.0342. The summed E-state index contributed by atoms with van der Waals surface area (Å²) in [7, 11) is 0. The molecule has 2 heterocycles. The maximum atomic E-state index is 12.3. The number of carbonyl (C=O) groups excluding carboxylic acids is 1. The number of piperazine rings is 1. The van der Waals surface area contributed by atoms with Crippen LogP contribution in [0.5, 0.6) is 0 Å². The Morgan fingerprint density at radius 3 is 2.50 bits per heavy atom. The van der Waals surface area contributed by atoms with Gasteiger partial charge in [0, 0.05) is 38.6 Å². The largest absolute Gasteiger partial charge is 0.342 e. The molecule has 1 unspecified atom stereocenters. The Labute approximate surface area is 96.2 Å². The molecule has 0 aromatic carbocycles. The molecule has 0 saturated carbocycles. The number of nitrogens with one attached hydrogen (secondary N) is 1. The van der Waals surface area contributed by atoms with Crippen molar-refractivity contribution < 1.29 is 4.79 Å². The van der Waals surface area contributed by atoms with Gasteiger partial charge in [0.05, 0.1) is 0 Å². The number of hydrogen-bond acceptors (Lipinski definition) is 2. The average Bonchev–Trinajstić information content (AvgIpc) is 2.85. The highest BCUT2D eigenvalue weighted by Gasteiger charge is 2.24. The summed E-state index contributed by atoms with van der Waals surface area (Å²) in [6, 6.07) is 3.90. The molecule has 1 amide bonds. The molecule has 1 aromatic heterocycles. The molecule has 1 aliphatic rings. The van der Waals surface area contributed by atoms with Crippen molar-refractivity contribution in [1.82, 2.24) is 14.8 Å². The summed E-state index contributed by atoms with van der Waals surface area (Å²) in [4.78, 5) is 14.3. The van der Waals surface area contributed by atoms with Gasteiger partial charge in [-0.05, 0) is 18.6 Å². The smallest absolute Gasteiger partial charge is 0.245 e. The van der Waals surface area contributed by atoms with Crippen molar-refractivity contribution in [3.63, 3.8) is 0 Å². The third-order valence-electron chi connectivity index (χ3n) is 3.09. The highest BCUT2D eigenvalue weighted by atomic mass is 16.2. The molecule has 0 spiro atoms. The first-order valence-corrected chi connectivity index (χ1v) is 5.95. The molecular weight excluding hydrogens is 202 g/mol. The molecule has 0 radical (unpaired) electrons. The molecule has 1 aliphatic heterocycles. The number of rotatable bonds is 3. The molecular formula is C12H19N3O. The van der Waals surface area contributed by atoms with Gasteiger partial charge in [0.1, 0.15) is 6.04 Å². The normalized spacial score (nSPS) is 18.4. The monoisotopic (exact) mass is 221 g/mol. The molecule has 0 bridgehead atoms. The van der Waals surface area contributed by atoms with Gasteiger partial charge >= 0.3 is 0 Å². The van der Waals surface area contributed by atoms with Crippen molar-refractivity contribution in [2.45, 2.75) is 19.4 Å². The lowest BCUT2D eigenvalue weighted by Crippen LogP contribution is -2.48. The molecule has 4 heteroatoms. The Balaban J connectivity index is 2.06. The first kappa shape index (κ1) is 11.2. The van der Waals surface area contributed by atoms with Crippen LogP contribution in [0, 0.1) is 0 Å². The van der Waals surface area contributed by atoms with Gasteiger partial charge in [-0.25, -0.2) is 0 Å². The molecule has 1 N–H and O–H groups in total. The maximum Gasteiger partial charge on any atom is 0.245 e. The number of nitrogens with zero attached hydrogens (tertiary/aromatic N) is 2. The summed E-state index contributed by atoms with van der Waals surface area (Å²) in [6.45, 7) is 5.54. The van der Waals surface area contributed by atoms with Gasteiger partial charge in [0.15, 0.2) is 0 Å². The van der Waals surface area contributed by atoms with E-state index < -0.39 is 0 Å². The minimum Gasteiger partial charge on any atom is -0.342 e. The van der Waals surface area contributed by atoms with Gasteiger partial charge in [-0.15, -0.1) is 0 Å². The summed E-state index contributed by atoms with van der Waals surface area (Å²) in [5.74, 6) is 0.250. The zero-order valence-electron chi connectivity index (χ0n) is 9.72. The number of amides is 1. The van der Waals surface area contributed by atoms with Crippen molar-refractivity contribution in [1.29, 1.82) is 0 Å². The van der Waals surface area contributed by atoms with Gasteiger partial charge in [-0.3, -0.25) is 4.79 Å². The Kier molecular flexibility index (Phi) is 3.62. The fourth-order valence-electron chi connectivity index (χ4n) is 2.16. The van der Waals surface area contributed by atoms with Crippen molar-refractivity contribution in [3.8, 4) is 0 Å². The second kappa shape index (κ2) is 5.16. The van der Waals surface area contributed by atoms with Crippen LogP contribution in [0.25, 0.3) is 0 Å². The lowest BCUT2D eigenvalue weighted by molar-refractivity contribution is -0.135. The van der Waals surface area contributed by atoms with Crippen LogP contribution in [-0.2, 0) is 4.79 Å². The average molecular weight is 221 g/mol. The quantitative estimate of drug-likeness (QED) is 0.822. The zero-order chi connectivity index (χ0) is 11.4. The third-order valence-corrected chi connectivity index (χ3v) is 3.09.